The number of nitrogens with one attached hydrogen (secondary N) is 2. The molecular weight excluding hydrogens is 288 g/mol. The van der Waals surface area contributed by atoms with Crippen LogP contribution in [0.3, 0.4) is 0 Å². The number of aryl methyl sites for hydroxylation is 3. The summed E-state index contributed by atoms with van der Waals surface area (Å²) in [6, 6.07) is 11.7. The Morgan fingerprint density at radius 2 is 1.30 bits per heavy atom. The lowest BCUT2D eigenvalue weighted by molar-refractivity contribution is 1.06. The predicted molar refractivity (Wildman–Crippen MR) is 91.3 cm³/mol. The van der Waals surface area contributed by atoms with Crippen LogP contribution in [-0.2, 0) is 0 Å². The van der Waals surface area contributed by atoms with Crippen LogP contribution in [0, 0.1) is 20.8 Å². The molecule has 0 spiro atoms. The van der Waals surface area contributed by atoms with Crippen molar-refractivity contribution < 1.29 is 0 Å². The van der Waals surface area contributed by atoms with Crippen molar-refractivity contribution in [3.8, 4) is 0 Å². The average molecular weight is 306 g/mol. The van der Waals surface area contributed by atoms with Gasteiger partial charge in [-0.2, -0.15) is 0 Å². The Hall–Kier alpha value is -3.02. The summed E-state index contributed by atoms with van der Waals surface area (Å²) in [6.45, 7) is 5.84. The van der Waals surface area contributed by atoms with E-state index < -0.39 is 0 Å². The minimum absolute atomic E-state index is 0.606. The van der Waals surface area contributed by atoms with Gasteiger partial charge in [0.2, 0.25) is 5.95 Å². The molecule has 1 aromatic carbocycles. The van der Waals surface area contributed by atoms with E-state index in [0.717, 1.165) is 34.3 Å². The molecule has 3 aromatic rings. The molecule has 116 valence electrons. The maximum absolute atomic E-state index is 4.37. The molecule has 6 nitrogen and oxygen atoms in total. The third kappa shape index (κ3) is 4.00. The van der Waals surface area contributed by atoms with Gasteiger partial charge in [-0.1, -0.05) is 0 Å². The first-order chi connectivity index (χ1) is 11.1. The monoisotopic (exact) mass is 306 g/mol. The highest BCUT2D eigenvalue weighted by atomic mass is 15.1. The summed E-state index contributed by atoms with van der Waals surface area (Å²) in [5.74, 6) is 1.38. The zero-order chi connectivity index (χ0) is 16.2. The molecular formula is C17H18N6. The minimum atomic E-state index is 0.606. The van der Waals surface area contributed by atoms with Crippen LogP contribution in [-0.4, -0.2) is 19.9 Å². The first-order valence-corrected chi connectivity index (χ1v) is 7.33. The molecule has 0 fully saturated rings. The Bertz CT molecular complexity index is 793. The van der Waals surface area contributed by atoms with E-state index in [4.69, 9.17) is 0 Å². The van der Waals surface area contributed by atoms with Crippen LogP contribution in [0.4, 0.5) is 23.1 Å². The van der Waals surface area contributed by atoms with Gasteiger partial charge in [-0.05, 0) is 51.1 Å². The van der Waals surface area contributed by atoms with Crippen LogP contribution in [0.25, 0.3) is 0 Å². The summed E-state index contributed by atoms with van der Waals surface area (Å²) in [5, 5.41) is 6.45. The fraction of sp³-hybridized carbons (Fsp3) is 0.176. The van der Waals surface area contributed by atoms with Gasteiger partial charge in [0.1, 0.15) is 12.1 Å². The number of hydrogen-bond donors (Lipinski definition) is 2. The summed E-state index contributed by atoms with van der Waals surface area (Å²) in [7, 11) is 0. The zero-order valence-electron chi connectivity index (χ0n) is 13.3. The first kappa shape index (κ1) is 14.9. The second-order valence-corrected chi connectivity index (χ2v) is 5.35. The van der Waals surface area contributed by atoms with Gasteiger partial charge >= 0.3 is 0 Å². The molecule has 0 amide bonds. The molecule has 6 heteroatoms. The van der Waals surface area contributed by atoms with E-state index in [0.29, 0.717) is 5.95 Å². The van der Waals surface area contributed by atoms with E-state index in [1.165, 1.54) is 0 Å². The van der Waals surface area contributed by atoms with E-state index in [1.807, 2.05) is 57.2 Å². The maximum Gasteiger partial charge on any atom is 0.227 e. The number of hydrogen-bond acceptors (Lipinski definition) is 6. The lowest BCUT2D eigenvalue weighted by Gasteiger charge is -2.09. The molecule has 0 saturated carbocycles. The summed E-state index contributed by atoms with van der Waals surface area (Å²) < 4.78 is 0. The number of anilines is 4. The van der Waals surface area contributed by atoms with Crippen molar-refractivity contribution in [2.45, 2.75) is 20.8 Å². The highest BCUT2D eigenvalue weighted by Crippen LogP contribution is 2.19. The topological polar surface area (TPSA) is 75.6 Å². The third-order valence-electron chi connectivity index (χ3n) is 3.20. The normalized spacial score (nSPS) is 10.4. The van der Waals surface area contributed by atoms with Crippen LogP contribution in [0.5, 0.6) is 0 Å². The number of aromatic nitrogens is 4. The van der Waals surface area contributed by atoms with Crippen molar-refractivity contribution in [1.29, 1.82) is 0 Å². The van der Waals surface area contributed by atoms with Gasteiger partial charge in [0.25, 0.3) is 0 Å². The molecule has 2 aromatic heterocycles. The van der Waals surface area contributed by atoms with E-state index in [2.05, 4.69) is 30.6 Å². The molecule has 0 aliphatic carbocycles. The molecule has 2 N–H and O–H groups in total. The maximum atomic E-state index is 4.37. The SMILES string of the molecule is Cc1cc(Nc2ccc(Nc3nc(C)cc(C)n3)cc2)ncn1. The Kier molecular flexibility index (Phi) is 4.14. The Morgan fingerprint density at radius 1 is 0.696 bits per heavy atom. The van der Waals surface area contributed by atoms with Crippen molar-refractivity contribution >= 4 is 23.1 Å². The van der Waals surface area contributed by atoms with Gasteiger partial charge in [-0.15, -0.1) is 0 Å². The molecule has 0 saturated heterocycles. The molecule has 0 bridgehead atoms. The molecule has 23 heavy (non-hydrogen) atoms. The van der Waals surface area contributed by atoms with Crippen LogP contribution in [0.1, 0.15) is 17.1 Å². The van der Waals surface area contributed by atoms with Crippen LogP contribution >= 0.6 is 0 Å². The van der Waals surface area contributed by atoms with Crippen molar-refractivity contribution in [2.24, 2.45) is 0 Å². The molecule has 2 heterocycles. The quantitative estimate of drug-likeness (QED) is 0.766. The molecule has 0 atom stereocenters. The van der Waals surface area contributed by atoms with Crippen molar-refractivity contribution in [3.05, 3.63) is 59.8 Å². The van der Waals surface area contributed by atoms with E-state index in [1.54, 1.807) is 6.33 Å². The summed E-state index contributed by atoms with van der Waals surface area (Å²) in [4.78, 5) is 17.0. The smallest absolute Gasteiger partial charge is 0.227 e. The molecule has 0 unspecified atom stereocenters. The van der Waals surface area contributed by atoms with E-state index in [-0.39, 0.29) is 0 Å². The summed E-state index contributed by atoms with van der Waals surface area (Å²) in [6.07, 6.45) is 1.55. The highest BCUT2D eigenvalue weighted by molar-refractivity contribution is 5.62. The average Bonchev–Trinajstić information content (AvgIpc) is 2.48. The van der Waals surface area contributed by atoms with E-state index >= 15 is 0 Å². The third-order valence-corrected chi connectivity index (χ3v) is 3.20. The number of rotatable bonds is 4. The number of nitrogens with zero attached hydrogens (tertiary/aromatic N) is 4. The van der Waals surface area contributed by atoms with Gasteiger partial charge in [0, 0.05) is 34.5 Å². The zero-order valence-corrected chi connectivity index (χ0v) is 13.3. The highest BCUT2D eigenvalue weighted by Gasteiger charge is 2.01. The van der Waals surface area contributed by atoms with Crippen LogP contribution < -0.4 is 10.6 Å². The second kappa shape index (κ2) is 6.39. The van der Waals surface area contributed by atoms with Gasteiger partial charge < -0.3 is 10.6 Å². The standard InChI is InChI=1S/C17H18N6/c1-11-9-16(19-10-18-11)22-14-4-6-15(7-5-14)23-17-20-12(2)8-13(3)21-17/h4-10H,1-3H3,(H,18,19,22)(H,20,21,23). The number of benzene rings is 1. The Morgan fingerprint density at radius 3 is 1.91 bits per heavy atom. The summed E-state index contributed by atoms with van der Waals surface area (Å²) in [5.41, 5.74) is 4.69. The lowest BCUT2D eigenvalue weighted by Crippen LogP contribution is -2.00. The van der Waals surface area contributed by atoms with Crippen molar-refractivity contribution in [2.75, 3.05) is 10.6 Å². The van der Waals surface area contributed by atoms with Crippen LogP contribution in [0.2, 0.25) is 0 Å². The fourth-order valence-electron chi connectivity index (χ4n) is 2.22. The lowest BCUT2D eigenvalue weighted by atomic mass is 10.2. The van der Waals surface area contributed by atoms with Gasteiger partial charge in [-0.25, -0.2) is 19.9 Å². The Labute approximate surface area is 135 Å². The molecule has 0 aliphatic rings. The molecule has 0 aliphatic heterocycles. The van der Waals surface area contributed by atoms with Crippen LogP contribution in [0.15, 0.2) is 42.7 Å². The fourth-order valence-corrected chi connectivity index (χ4v) is 2.22. The predicted octanol–water partition coefficient (Wildman–Crippen LogP) is 3.68. The minimum Gasteiger partial charge on any atom is -0.340 e. The van der Waals surface area contributed by atoms with Gasteiger partial charge in [-0.3, -0.25) is 0 Å². The second-order valence-electron chi connectivity index (χ2n) is 5.35. The van der Waals surface area contributed by atoms with Gasteiger partial charge in [0.15, 0.2) is 0 Å². The van der Waals surface area contributed by atoms with E-state index in [9.17, 15) is 0 Å². The summed E-state index contributed by atoms with van der Waals surface area (Å²) >= 11 is 0. The largest absolute Gasteiger partial charge is 0.340 e. The Balaban J connectivity index is 1.71. The first-order valence-electron chi connectivity index (χ1n) is 7.33. The molecule has 3 rings (SSSR count). The van der Waals surface area contributed by atoms with Crippen molar-refractivity contribution in [3.63, 3.8) is 0 Å². The van der Waals surface area contributed by atoms with Crippen molar-refractivity contribution in [1.82, 2.24) is 19.9 Å². The van der Waals surface area contributed by atoms with Gasteiger partial charge in [0.05, 0.1) is 0 Å². The molecule has 0 radical (unpaired) electrons.